The van der Waals surface area contributed by atoms with Crippen LogP contribution in [0.3, 0.4) is 0 Å². The van der Waals surface area contributed by atoms with Gasteiger partial charge >= 0.3 is 0 Å². The first-order chi connectivity index (χ1) is 9.75. The van der Waals surface area contributed by atoms with Crippen LogP contribution in [0.15, 0.2) is 29.2 Å². The van der Waals surface area contributed by atoms with Crippen LogP contribution in [0.2, 0.25) is 0 Å². The smallest absolute Gasteiger partial charge is 0.228 e. The molecule has 1 fully saturated rings. The molecule has 0 spiro atoms. The van der Waals surface area contributed by atoms with Crippen molar-refractivity contribution in [1.29, 1.82) is 0 Å². The Labute approximate surface area is 135 Å². The highest BCUT2D eigenvalue weighted by atomic mass is 35.5. The molecule has 21 heavy (non-hydrogen) atoms. The first-order valence-corrected chi connectivity index (χ1v) is 8.04. The molecule has 2 heterocycles. The first kappa shape index (κ1) is 16.6. The highest BCUT2D eigenvalue weighted by Crippen LogP contribution is 2.39. The number of benzene rings is 1. The molecule has 1 saturated heterocycles. The number of hydrogen-bond acceptors (Lipinski definition) is 4. The third-order valence-electron chi connectivity index (χ3n) is 4.33. The van der Waals surface area contributed by atoms with Crippen molar-refractivity contribution in [2.45, 2.75) is 23.8 Å². The predicted molar refractivity (Wildman–Crippen MR) is 86.8 cm³/mol. The molecule has 0 radical (unpaired) electrons. The highest BCUT2D eigenvalue weighted by molar-refractivity contribution is 7.99. The van der Waals surface area contributed by atoms with Crippen LogP contribution in [0.4, 0.5) is 0 Å². The number of rotatable bonds is 3. The van der Waals surface area contributed by atoms with Crippen molar-refractivity contribution < 1.29 is 9.53 Å². The van der Waals surface area contributed by atoms with Gasteiger partial charge in [0.05, 0.1) is 11.5 Å². The minimum Gasteiger partial charge on any atom is -0.381 e. The molecule has 1 atom stereocenters. The van der Waals surface area contributed by atoms with E-state index in [9.17, 15) is 4.79 Å². The van der Waals surface area contributed by atoms with Gasteiger partial charge in [-0.3, -0.25) is 4.79 Å². The van der Waals surface area contributed by atoms with Crippen molar-refractivity contribution in [3.63, 3.8) is 0 Å². The number of carbonyl (C=O) groups excluding carboxylic acids is 1. The van der Waals surface area contributed by atoms with Crippen molar-refractivity contribution >= 4 is 30.1 Å². The van der Waals surface area contributed by atoms with Gasteiger partial charge in [0.1, 0.15) is 0 Å². The number of thioether (sulfide) groups is 1. The molecule has 6 heteroatoms. The fraction of sp³-hybridized carbons (Fsp3) is 0.533. The van der Waals surface area contributed by atoms with Gasteiger partial charge in [-0.05, 0) is 24.5 Å². The van der Waals surface area contributed by atoms with Gasteiger partial charge in [0, 0.05) is 30.4 Å². The largest absolute Gasteiger partial charge is 0.381 e. The Hall–Kier alpha value is -0.750. The molecule has 1 amide bonds. The first-order valence-electron chi connectivity index (χ1n) is 7.06. The van der Waals surface area contributed by atoms with E-state index < -0.39 is 5.41 Å². The second kappa shape index (κ2) is 7.01. The lowest BCUT2D eigenvalue weighted by molar-refractivity contribution is -0.136. The van der Waals surface area contributed by atoms with Gasteiger partial charge in [-0.15, -0.1) is 24.2 Å². The van der Waals surface area contributed by atoms with E-state index in [1.165, 1.54) is 10.5 Å². The van der Waals surface area contributed by atoms with Crippen LogP contribution in [0.1, 0.15) is 24.4 Å². The zero-order valence-electron chi connectivity index (χ0n) is 11.8. The topological polar surface area (TPSA) is 64.4 Å². The van der Waals surface area contributed by atoms with E-state index in [4.69, 9.17) is 10.5 Å². The van der Waals surface area contributed by atoms with Crippen LogP contribution in [0.25, 0.3) is 0 Å². The Morgan fingerprint density at radius 3 is 2.81 bits per heavy atom. The second-order valence-electron chi connectivity index (χ2n) is 5.47. The average molecular weight is 329 g/mol. The summed E-state index contributed by atoms with van der Waals surface area (Å²) >= 11 is 1.80. The molecule has 0 saturated carbocycles. The van der Waals surface area contributed by atoms with Gasteiger partial charge in [0.15, 0.2) is 0 Å². The van der Waals surface area contributed by atoms with Crippen molar-refractivity contribution in [1.82, 2.24) is 5.32 Å². The summed E-state index contributed by atoms with van der Waals surface area (Å²) in [5.41, 5.74) is 6.67. The van der Waals surface area contributed by atoms with Crippen molar-refractivity contribution in [2.24, 2.45) is 11.1 Å². The van der Waals surface area contributed by atoms with Crippen LogP contribution in [-0.4, -0.2) is 31.4 Å². The van der Waals surface area contributed by atoms with Gasteiger partial charge in [0.25, 0.3) is 0 Å². The third-order valence-corrected chi connectivity index (χ3v) is 5.51. The van der Waals surface area contributed by atoms with Gasteiger partial charge in [-0.2, -0.15) is 0 Å². The summed E-state index contributed by atoms with van der Waals surface area (Å²) in [6.45, 7) is 1.64. The number of nitrogens with one attached hydrogen (secondary N) is 1. The van der Waals surface area contributed by atoms with Gasteiger partial charge in [-0.25, -0.2) is 0 Å². The van der Waals surface area contributed by atoms with E-state index in [0.29, 0.717) is 19.8 Å². The lowest BCUT2D eigenvalue weighted by Gasteiger charge is -2.35. The maximum Gasteiger partial charge on any atom is 0.228 e. The zero-order valence-corrected chi connectivity index (χ0v) is 13.5. The highest BCUT2D eigenvalue weighted by Gasteiger charge is 2.40. The van der Waals surface area contributed by atoms with Crippen LogP contribution >= 0.6 is 24.2 Å². The van der Waals surface area contributed by atoms with E-state index in [2.05, 4.69) is 17.4 Å². The van der Waals surface area contributed by atoms with Crippen LogP contribution < -0.4 is 11.1 Å². The summed E-state index contributed by atoms with van der Waals surface area (Å²) in [6.07, 6.45) is 1.44. The Morgan fingerprint density at radius 1 is 1.38 bits per heavy atom. The molecule has 1 unspecified atom stereocenters. The predicted octanol–water partition coefficient (Wildman–Crippen LogP) is 2.13. The van der Waals surface area contributed by atoms with Gasteiger partial charge in [-0.1, -0.05) is 18.2 Å². The minimum atomic E-state index is -0.444. The molecular formula is C15H21ClN2O2S. The standard InChI is InChI=1S/C15H20N2O2S.ClH/c16-10-15(5-7-19-8-6-15)14(18)17-12-9-20-13-4-2-1-3-11(12)13;/h1-4,12H,5-10,16H2,(H,17,18);1H. The summed E-state index contributed by atoms with van der Waals surface area (Å²) < 4.78 is 5.36. The Morgan fingerprint density at radius 2 is 2.10 bits per heavy atom. The Balaban J connectivity index is 0.00000161. The quantitative estimate of drug-likeness (QED) is 0.892. The van der Waals surface area contributed by atoms with E-state index in [-0.39, 0.29) is 24.4 Å². The van der Waals surface area contributed by atoms with Crippen molar-refractivity contribution in [3.05, 3.63) is 29.8 Å². The number of halogens is 1. The second-order valence-corrected chi connectivity index (χ2v) is 6.53. The molecule has 1 aromatic carbocycles. The molecule has 116 valence electrons. The maximum atomic E-state index is 12.7. The average Bonchev–Trinajstić information content (AvgIpc) is 2.91. The summed E-state index contributed by atoms with van der Waals surface area (Å²) in [7, 11) is 0. The van der Waals surface area contributed by atoms with E-state index in [1.54, 1.807) is 11.8 Å². The molecular weight excluding hydrogens is 308 g/mol. The number of fused-ring (bicyclic) bond motifs is 1. The summed E-state index contributed by atoms with van der Waals surface area (Å²) in [6, 6.07) is 8.38. The number of nitrogens with two attached hydrogens (primary N) is 1. The monoisotopic (exact) mass is 328 g/mol. The lowest BCUT2D eigenvalue weighted by Crippen LogP contribution is -2.50. The molecule has 0 aliphatic carbocycles. The summed E-state index contributed by atoms with van der Waals surface area (Å²) in [5, 5.41) is 3.20. The SMILES string of the molecule is Cl.NCC1(C(=O)NC2CSc3ccccc32)CCOCC1. The van der Waals surface area contributed by atoms with Crippen LogP contribution in [-0.2, 0) is 9.53 Å². The van der Waals surface area contributed by atoms with Crippen molar-refractivity contribution in [2.75, 3.05) is 25.5 Å². The lowest BCUT2D eigenvalue weighted by atomic mass is 9.79. The number of hydrogen-bond donors (Lipinski definition) is 2. The zero-order chi connectivity index (χ0) is 14.0. The van der Waals surface area contributed by atoms with E-state index in [1.807, 2.05) is 12.1 Å². The number of carbonyl (C=O) groups is 1. The molecule has 2 aliphatic heterocycles. The molecule has 2 aliphatic rings. The van der Waals surface area contributed by atoms with E-state index >= 15 is 0 Å². The fourth-order valence-electron chi connectivity index (χ4n) is 2.88. The van der Waals surface area contributed by atoms with Crippen LogP contribution in [0, 0.1) is 5.41 Å². The van der Waals surface area contributed by atoms with Gasteiger partial charge in [0.2, 0.25) is 5.91 Å². The molecule has 0 aromatic heterocycles. The molecule has 3 rings (SSSR count). The van der Waals surface area contributed by atoms with Crippen LogP contribution in [0.5, 0.6) is 0 Å². The molecule has 0 bridgehead atoms. The Bertz CT molecular complexity index is 506. The van der Waals surface area contributed by atoms with Gasteiger partial charge < -0.3 is 15.8 Å². The fourth-order valence-corrected chi connectivity index (χ4v) is 4.04. The molecule has 4 nitrogen and oxygen atoms in total. The van der Waals surface area contributed by atoms with Crippen molar-refractivity contribution in [3.8, 4) is 0 Å². The number of ether oxygens (including phenoxy) is 1. The van der Waals surface area contributed by atoms with E-state index in [0.717, 1.165) is 18.6 Å². The Kier molecular flexibility index (Phi) is 5.54. The normalized spacial score (nSPS) is 23.0. The molecule has 1 aromatic rings. The minimum absolute atomic E-state index is 0. The molecule has 3 N–H and O–H groups in total. The number of amides is 1. The summed E-state index contributed by atoms with van der Waals surface area (Å²) in [4.78, 5) is 13.9. The maximum absolute atomic E-state index is 12.7. The summed E-state index contributed by atoms with van der Waals surface area (Å²) in [5.74, 6) is 0.994. The third kappa shape index (κ3) is 3.21.